The lowest BCUT2D eigenvalue weighted by Gasteiger charge is -2.23. The third-order valence-electron chi connectivity index (χ3n) is 4.94. The Bertz CT molecular complexity index is 1340. The van der Waals surface area contributed by atoms with E-state index < -0.39 is 10.2 Å². The van der Waals surface area contributed by atoms with E-state index in [2.05, 4.69) is 5.32 Å². The van der Waals surface area contributed by atoms with Crippen molar-refractivity contribution in [1.82, 2.24) is 4.31 Å². The normalized spacial score (nSPS) is 11.9. The molecule has 30 heavy (non-hydrogen) atoms. The molecule has 154 valence electrons. The van der Waals surface area contributed by atoms with Gasteiger partial charge in [0, 0.05) is 49.2 Å². The van der Waals surface area contributed by atoms with Gasteiger partial charge >= 0.3 is 10.2 Å². The second-order valence-electron chi connectivity index (χ2n) is 7.07. The Hall–Kier alpha value is -3.36. The Morgan fingerprint density at radius 3 is 2.23 bits per heavy atom. The summed E-state index contributed by atoms with van der Waals surface area (Å²) in [4.78, 5) is 12.6. The third kappa shape index (κ3) is 3.51. The van der Waals surface area contributed by atoms with Gasteiger partial charge in [-0.3, -0.25) is 9.10 Å². The Morgan fingerprint density at radius 2 is 1.53 bits per heavy atom. The molecule has 0 fully saturated rings. The summed E-state index contributed by atoms with van der Waals surface area (Å²) in [5.74, 6) is -0.296. The van der Waals surface area contributed by atoms with E-state index in [1.54, 1.807) is 30.3 Å². The van der Waals surface area contributed by atoms with Crippen molar-refractivity contribution in [1.29, 1.82) is 0 Å². The number of rotatable bonds is 5. The van der Waals surface area contributed by atoms with Crippen LogP contribution in [0.15, 0.2) is 71.1 Å². The number of para-hydroxylation sites is 1. The summed E-state index contributed by atoms with van der Waals surface area (Å²) < 4.78 is 32.6. The van der Waals surface area contributed by atoms with Crippen molar-refractivity contribution in [3.63, 3.8) is 0 Å². The Balaban J connectivity index is 1.54. The van der Waals surface area contributed by atoms with Crippen molar-refractivity contribution in [2.45, 2.75) is 0 Å². The minimum Gasteiger partial charge on any atom is -0.456 e. The lowest BCUT2D eigenvalue weighted by molar-refractivity contribution is 0.102. The number of nitrogens with zero attached hydrogens (tertiary/aromatic N) is 2. The lowest BCUT2D eigenvalue weighted by atomic mass is 10.1. The summed E-state index contributed by atoms with van der Waals surface area (Å²) in [5.41, 5.74) is 2.98. The van der Waals surface area contributed by atoms with Gasteiger partial charge in [-0.05, 0) is 42.5 Å². The molecule has 0 spiro atoms. The van der Waals surface area contributed by atoms with Crippen molar-refractivity contribution >= 4 is 49.4 Å². The molecule has 0 bridgehead atoms. The molecule has 0 atom stereocenters. The number of carbonyl (C=O) groups excluding carboxylic acids is 1. The second kappa shape index (κ2) is 7.47. The summed E-state index contributed by atoms with van der Waals surface area (Å²) in [6, 6.07) is 19.7. The molecule has 0 saturated heterocycles. The van der Waals surface area contributed by atoms with Gasteiger partial charge in [-0.25, -0.2) is 0 Å². The quantitative estimate of drug-likeness (QED) is 0.524. The number of hydrogen-bond acceptors (Lipinski definition) is 4. The fourth-order valence-electron chi connectivity index (χ4n) is 3.21. The monoisotopic (exact) mass is 423 g/mol. The standard InChI is InChI=1S/C22H21N3O4S/c1-24(2)30(27,28)25(3)17-11-8-15(9-12-17)22(26)23-16-10-13-19-18-6-4-5-7-20(18)29-21(19)14-16/h4-14H,1-3H3,(H,23,26). The van der Waals surface area contributed by atoms with E-state index in [0.29, 0.717) is 22.5 Å². The highest BCUT2D eigenvalue weighted by Gasteiger charge is 2.21. The van der Waals surface area contributed by atoms with Crippen LogP contribution in [-0.2, 0) is 10.2 Å². The van der Waals surface area contributed by atoms with Crippen LogP contribution in [0.4, 0.5) is 11.4 Å². The summed E-state index contributed by atoms with van der Waals surface area (Å²) >= 11 is 0. The average molecular weight is 423 g/mol. The molecule has 3 aromatic carbocycles. The molecule has 1 N–H and O–H groups in total. The molecule has 1 heterocycles. The lowest BCUT2D eigenvalue weighted by Crippen LogP contribution is -2.37. The molecule has 7 nitrogen and oxygen atoms in total. The average Bonchev–Trinajstić information content (AvgIpc) is 3.10. The first kappa shape index (κ1) is 19.9. The van der Waals surface area contributed by atoms with Gasteiger partial charge in [0.25, 0.3) is 5.91 Å². The summed E-state index contributed by atoms with van der Waals surface area (Å²) in [5, 5.41) is 4.86. The zero-order valence-corrected chi connectivity index (χ0v) is 17.6. The van der Waals surface area contributed by atoms with Crippen molar-refractivity contribution in [2.75, 3.05) is 30.8 Å². The SMILES string of the molecule is CN(C)S(=O)(=O)N(C)c1ccc(C(=O)Nc2ccc3c(c2)oc2ccccc23)cc1. The zero-order chi connectivity index (χ0) is 21.5. The fourth-order valence-corrected chi connectivity index (χ4v) is 4.09. The van der Waals surface area contributed by atoms with Crippen molar-refractivity contribution in [2.24, 2.45) is 0 Å². The van der Waals surface area contributed by atoms with Crippen LogP contribution in [0.1, 0.15) is 10.4 Å². The van der Waals surface area contributed by atoms with Crippen LogP contribution in [0.5, 0.6) is 0 Å². The Morgan fingerprint density at radius 1 is 0.867 bits per heavy atom. The number of anilines is 2. The van der Waals surface area contributed by atoms with E-state index in [1.165, 1.54) is 21.1 Å². The van der Waals surface area contributed by atoms with Crippen LogP contribution >= 0.6 is 0 Å². The van der Waals surface area contributed by atoms with Crippen LogP contribution in [0.3, 0.4) is 0 Å². The van der Waals surface area contributed by atoms with Gasteiger partial charge in [-0.15, -0.1) is 0 Å². The van der Waals surface area contributed by atoms with Crippen LogP contribution in [0.2, 0.25) is 0 Å². The highest BCUT2D eigenvalue weighted by atomic mass is 32.2. The number of furan rings is 1. The van der Waals surface area contributed by atoms with Crippen molar-refractivity contribution in [3.8, 4) is 0 Å². The van der Waals surface area contributed by atoms with Crippen LogP contribution < -0.4 is 9.62 Å². The third-order valence-corrected chi connectivity index (χ3v) is 6.76. The first-order chi connectivity index (χ1) is 14.3. The minimum absolute atomic E-state index is 0.296. The number of fused-ring (bicyclic) bond motifs is 3. The number of amides is 1. The molecule has 4 aromatic rings. The molecule has 0 aliphatic heterocycles. The summed E-state index contributed by atoms with van der Waals surface area (Å²) in [6.45, 7) is 0. The van der Waals surface area contributed by atoms with Gasteiger partial charge < -0.3 is 9.73 Å². The van der Waals surface area contributed by atoms with E-state index in [1.807, 2.05) is 36.4 Å². The van der Waals surface area contributed by atoms with Crippen LogP contribution in [0.25, 0.3) is 21.9 Å². The zero-order valence-electron chi connectivity index (χ0n) is 16.8. The minimum atomic E-state index is -3.59. The maximum absolute atomic E-state index is 12.6. The molecule has 0 unspecified atom stereocenters. The molecular formula is C22H21N3O4S. The number of hydrogen-bond donors (Lipinski definition) is 1. The molecule has 0 aliphatic carbocycles. The van der Waals surface area contributed by atoms with Crippen molar-refractivity contribution in [3.05, 3.63) is 72.3 Å². The van der Waals surface area contributed by atoms with E-state index in [0.717, 1.165) is 25.0 Å². The topological polar surface area (TPSA) is 82.9 Å². The predicted molar refractivity (Wildman–Crippen MR) is 119 cm³/mol. The Labute approximate surface area is 174 Å². The maximum Gasteiger partial charge on any atom is 0.303 e. The molecule has 0 radical (unpaired) electrons. The number of nitrogens with one attached hydrogen (secondary N) is 1. The van der Waals surface area contributed by atoms with Gasteiger partial charge in [0.05, 0.1) is 5.69 Å². The van der Waals surface area contributed by atoms with E-state index in [-0.39, 0.29) is 5.91 Å². The van der Waals surface area contributed by atoms with Gasteiger partial charge in [-0.2, -0.15) is 12.7 Å². The molecule has 0 aliphatic rings. The smallest absolute Gasteiger partial charge is 0.303 e. The second-order valence-corrected chi connectivity index (χ2v) is 9.24. The number of carbonyl (C=O) groups is 1. The first-order valence-electron chi connectivity index (χ1n) is 9.26. The largest absolute Gasteiger partial charge is 0.456 e. The maximum atomic E-state index is 12.6. The summed E-state index contributed by atoms with van der Waals surface area (Å²) in [7, 11) is 0.807. The van der Waals surface area contributed by atoms with E-state index in [4.69, 9.17) is 4.42 Å². The Kier molecular flexibility index (Phi) is 4.97. The molecule has 1 amide bonds. The van der Waals surface area contributed by atoms with Gasteiger partial charge in [0.15, 0.2) is 0 Å². The molecular weight excluding hydrogens is 402 g/mol. The van der Waals surface area contributed by atoms with E-state index in [9.17, 15) is 13.2 Å². The summed E-state index contributed by atoms with van der Waals surface area (Å²) in [6.07, 6.45) is 0. The molecule has 4 rings (SSSR count). The van der Waals surface area contributed by atoms with Crippen LogP contribution in [0, 0.1) is 0 Å². The van der Waals surface area contributed by atoms with Crippen molar-refractivity contribution < 1.29 is 17.6 Å². The van der Waals surface area contributed by atoms with E-state index >= 15 is 0 Å². The first-order valence-corrected chi connectivity index (χ1v) is 10.7. The van der Waals surface area contributed by atoms with Gasteiger partial charge in [0.1, 0.15) is 11.2 Å². The van der Waals surface area contributed by atoms with Gasteiger partial charge in [-0.1, -0.05) is 18.2 Å². The van der Waals surface area contributed by atoms with Gasteiger partial charge in [0.2, 0.25) is 0 Å². The fraction of sp³-hybridized carbons (Fsp3) is 0.136. The molecule has 8 heteroatoms. The van der Waals surface area contributed by atoms with Crippen LogP contribution in [-0.4, -0.2) is 39.8 Å². The number of benzene rings is 3. The highest BCUT2D eigenvalue weighted by molar-refractivity contribution is 7.90. The predicted octanol–water partition coefficient (Wildman–Crippen LogP) is 4.08. The highest BCUT2D eigenvalue weighted by Crippen LogP contribution is 2.30. The molecule has 1 aromatic heterocycles. The molecule has 0 saturated carbocycles.